The topological polar surface area (TPSA) is 51.1 Å². The van der Waals surface area contributed by atoms with Gasteiger partial charge in [0.05, 0.1) is 12.8 Å². The van der Waals surface area contributed by atoms with Crippen molar-refractivity contribution >= 4 is 5.82 Å². The van der Waals surface area contributed by atoms with Crippen molar-refractivity contribution in [2.75, 3.05) is 25.0 Å². The lowest BCUT2D eigenvalue weighted by Crippen LogP contribution is -2.38. The lowest BCUT2D eigenvalue weighted by Gasteiger charge is -2.31. The third kappa shape index (κ3) is 2.81. The van der Waals surface area contributed by atoms with Crippen molar-refractivity contribution in [1.29, 1.82) is 0 Å². The number of fused-ring (bicyclic) bond motifs is 2. The first-order valence-electron chi connectivity index (χ1n) is 8.43. The first kappa shape index (κ1) is 14.6. The number of ether oxygens (including phenoxy) is 1. The minimum absolute atomic E-state index is 0.386. The predicted molar refractivity (Wildman–Crippen MR) is 91.0 cm³/mol. The highest BCUT2D eigenvalue weighted by Gasteiger charge is 2.25. The van der Waals surface area contributed by atoms with Crippen molar-refractivity contribution in [3.05, 3.63) is 41.1 Å². The third-order valence-corrected chi connectivity index (χ3v) is 4.85. The second-order valence-electron chi connectivity index (χ2n) is 6.74. The van der Waals surface area contributed by atoms with Gasteiger partial charge in [0.25, 0.3) is 0 Å². The molecule has 2 aliphatic rings. The second-order valence-corrected chi connectivity index (χ2v) is 6.74. The number of rotatable bonds is 3. The van der Waals surface area contributed by atoms with Gasteiger partial charge in [-0.1, -0.05) is 17.7 Å². The van der Waals surface area contributed by atoms with E-state index in [2.05, 4.69) is 46.4 Å². The summed E-state index contributed by atoms with van der Waals surface area (Å²) in [6, 6.07) is 6.88. The van der Waals surface area contributed by atoms with Gasteiger partial charge in [-0.3, -0.25) is 0 Å². The number of nitrogens with zero attached hydrogens (tertiary/aromatic N) is 2. The van der Waals surface area contributed by atoms with Gasteiger partial charge < -0.3 is 15.4 Å². The summed E-state index contributed by atoms with van der Waals surface area (Å²) in [6.07, 6.45) is 2.89. The van der Waals surface area contributed by atoms with Crippen LogP contribution >= 0.6 is 0 Å². The molecule has 0 radical (unpaired) electrons. The molecule has 2 N–H and O–H groups in total. The van der Waals surface area contributed by atoms with E-state index >= 15 is 0 Å². The fraction of sp³-hybridized carbons (Fsp3) is 0.500. The van der Waals surface area contributed by atoms with Crippen LogP contribution in [0.15, 0.2) is 24.4 Å². The van der Waals surface area contributed by atoms with Crippen molar-refractivity contribution in [2.45, 2.75) is 32.9 Å². The number of hydrogen-bond acceptors (Lipinski definition) is 4. The van der Waals surface area contributed by atoms with E-state index in [9.17, 15) is 0 Å². The average molecular weight is 312 g/mol. The summed E-state index contributed by atoms with van der Waals surface area (Å²) in [4.78, 5) is 0. The average Bonchev–Trinajstić information content (AvgIpc) is 3.00. The number of anilines is 1. The fourth-order valence-corrected chi connectivity index (χ4v) is 3.72. The summed E-state index contributed by atoms with van der Waals surface area (Å²) in [5.74, 6) is 2.76. The molecular weight excluding hydrogens is 288 g/mol. The minimum atomic E-state index is 0.386. The Labute approximate surface area is 137 Å². The summed E-state index contributed by atoms with van der Waals surface area (Å²) in [6.45, 7) is 8.05. The molecule has 0 spiro atoms. The molecule has 1 aromatic carbocycles. The van der Waals surface area contributed by atoms with Gasteiger partial charge in [-0.25, -0.2) is 4.68 Å². The Bertz CT molecular complexity index is 709. The summed E-state index contributed by atoms with van der Waals surface area (Å²) < 4.78 is 7.96. The van der Waals surface area contributed by atoms with Gasteiger partial charge in [-0.2, -0.15) is 5.10 Å². The van der Waals surface area contributed by atoms with E-state index in [0.717, 1.165) is 44.2 Å². The zero-order chi connectivity index (χ0) is 15.8. The van der Waals surface area contributed by atoms with Crippen LogP contribution in [0.2, 0.25) is 0 Å². The summed E-state index contributed by atoms with van der Waals surface area (Å²) in [7, 11) is 0. The molecule has 0 unspecified atom stereocenters. The summed E-state index contributed by atoms with van der Waals surface area (Å²) in [5, 5.41) is 11.6. The van der Waals surface area contributed by atoms with E-state index in [1.807, 2.05) is 12.3 Å². The number of benzene rings is 1. The molecule has 0 bridgehead atoms. The molecule has 0 saturated heterocycles. The molecule has 2 atom stereocenters. The maximum atomic E-state index is 5.90. The Hall–Kier alpha value is -2.01. The van der Waals surface area contributed by atoms with Crippen molar-refractivity contribution in [1.82, 2.24) is 15.1 Å². The van der Waals surface area contributed by atoms with Crippen molar-refractivity contribution in [3.8, 4) is 5.75 Å². The Balaban J connectivity index is 1.45. The first-order chi connectivity index (χ1) is 11.2. The minimum Gasteiger partial charge on any atom is -0.493 e. The van der Waals surface area contributed by atoms with E-state index in [0.29, 0.717) is 12.0 Å². The summed E-state index contributed by atoms with van der Waals surface area (Å²) in [5.41, 5.74) is 3.86. The molecular formula is C18H24N4O. The number of aryl methyl sites for hydroxylation is 2. The Morgan fingerprint density at radius 1 is 1.39 bits per heavy atom. The van der Waals surface area contributed by atoms with Crippen LogP contribution in [-0.2, 0) is 6.54 Å². The molecule has 0 fully saturated rings. The lowest BCUT2D eigenvalue weighted by atomic mass is 9.95. The normalized spacial score (nSPS) is 22.7. The largest absolute Gasteiger partial charge is 0.493 e. The van der Waals surface area contributed by atoms with Crippen LogP contribution in [0.4, 0.5) is 5.82 Å². The van der Waals surface area contributed by atoms with Gasteiger partial charge in [-0.05, 0) is 19.4 Å². The second kappa shape index (κ2) is 5.89. The van der Waals surface area contributed by atoms with Crippen LogP contribution in [-0.4, -0.2) is 29.5 Å². The molecule has 0 aliphatic carbocycles. The zero-order valence-electron chi connectivity index (χ0n) is 13.8. The molecule has 3 heterocycles. The first-order valence-corrected chi connectivity index (χ1v) is 8.43. The highest BCUT2D eigenvalue weighted by Crippen LogP contribution is 2.35. The smallest absolute Gasteiger partial charge is 0.126 e. The molecule has 5 nitrogen and oxygen atoms in total. The van der Waals surface area contributed by atoms with E-state index < -0.39 is 0 Å². The number of aromatic nitrogens is 2. The van der Waals surface area contributed by atoms with Gasteiger partial charge in [0.1, 0.15) is 11.6 Å². The van der Waals surface area contributed by atoms with Crippen LogP contribution in [0.5, 0.6) is 5.75 Å². The van der Waals surface area contributed by atoms with Gasteiger partial charge >= 0.3 is 0 Å². The maximum absolute atomic E-state index is 5.90. The molecule has 2 aliphatic heterocycles. The summed E-state index contributed by atoms with van der Waals surface area (Å²) >= 11 is 0. The monoisotopic (exact) mass is 312 g/mol. The molecule has 122 valence electrons. The van der Waals surface area contributed by atoms with E-state index in [1.54, 1.807) is 0 Å². The molecule has 5 heteroatoms. The molecule has 0 saturated carbocycles. The molecule has 2 aromatic rings. The van der Waals surface area contributed by atoms with Crippen molar-refractivity contribution in [3.63, 3.8) is 0 Å². The van der Waals surface area contributed by atoms with Crippen LogP contribution in [0.1, 0.15) is 29.2 Å². The molecule has 0 amide bonds. The van der Waals surface area contributed by atoms with Gasteiger partial charge in [0.2, 0.25) is 0 Å². The standard InChI is InChI=1S/C18H24N4O/c1-12-7-13(2)18-15(8-12)16(4-6-23-18)19-9-14-10-20-17-3-5-21-22(17)11-14/h3,5,7-8,14,16,19-20H,4,6,9-11H2,1-2H3/t14-,16+/m1/s1. The van der Waals surface area contributed by atoms with Gasteiger partial charge in [-0.15, -0.1) is 0 Å². The molecule has 1 aromatic heterocycles. The zero-order valence-corrected chi connectivity index (χ0v) is 13.8. The van der Waals surface area contributed by atoms with Crippen molar-refractivity contribution in [2.24, 2.45) is 5.92 Å². The SMILES string of the molecule is Cc1cc(C)c2c(c1)[C@@H](NC[C@@H]1CNc3ccnn3C1)CCO2. The van der Waals surface area contributed by atoms with Crippen LogP contribution < -0.4 is 15.4 Å². The Morgan fingerprint density at radius 2 is 2.30 bits per heavy atom. The molecule has 23 heavy (non-hydrogen) atoms. The van der Waals surface area contributed by atoms with E-state index in [4.69, 9.17) is 4.74 Å². The van der Waals surface area contributed by atoms with E-state index in [1.165, 1.54) is 16.7 Å². The van der Waals surface area contributed by atoms with Crippen molar-refractivity contribution < 1.29 is 4.74 Å². The lowest BCUT2D eigenvalue weighted by molar-refractivity contribution is 0.244. The maximum Gasteiger partial charge on any atom is 0.126 e. The quantitative estimate of drug-likeness (QED) is 0.915. The third-order valence-electron chi connectivity index (χ3n) is 4.85. The number of nitrogens with one attached hydrogen (secondary N) is 2. The van der Waals surface area contributed by atoms with Crippen LogP contribution in [0.3, 0.4) is 0 Å². The highest BCUT2D eigenvalue weighted by molar-refractivity contribution is 5.46. The Kier molecular flexibility index (Phi) is 3.73. The molecule has 4 rings (SSSR count). The number of hydrogen-bond donors (Lipinski definition) is 2. The van der Waals surface area contributed by atoms with Gasteiger partial charge in [0.15, 0.2) is 0 Å². The van der Waals surface area contributed by atoms with Crippen LogP contribution in [0.25, 0.3) is 0 Å². The Morgan fingerprint density at radius 3 is 3.22 bits per heavy atom. The van der Waals surface area contributed by atoms with E-state index in [-0.39, 0.29) is 0 Å². The fourth-order valence-electron chi connectivity index (χ4n) is 3.72. The van der Waals surface area contributed by atoms with Crippen LogP contribution in [0, 0.1) is 19.8 Å². The predicted octanol–water partition coefficient (Wildman–Crippen LogP) is 2.66. The highest BCUT2D eigenvalue weighted by atomic mass is 16.5. The van der Waals surface area contributed by atoms with Gasteiger partial charge in [0, 0.05) is 49.6 Å².